The van der Waals surface area contributed by atoms with E-state index >= 15 is 0 Å². The van der Waals surface area contributed by atoms with E-state index in [1.54, 1.807) is 19.1 Å². The summed E-state index contributed by atoms with van der Waals surface area (Å²) in [6.45, 7) is 2.46. The third kappa shape index (κ3) is 2.85. The van der Waals surface area contributed by atoms with Gasteiger partial charge in [-0.2, -0.15) is 0 Å². The minimum Gasteiger partial charge on any atom is -0.478 e. The van der Waals surface area contributed by atoms with Gasteiger partial charge in [0.05, 0.1) is 11.7 Å². The number of anilines is 1. The zero-order valence-corrected chi connectivity index (χ0v) is 10.6. The zero-order chi connectivity index (χ0) is 14.0. The minimum absolute atomic E-state index is 0.166. The Hall–Kier alpha value is -2.08. The first kappa shape index (κ1) is 13.4. The highest BCUT2D eigenvalue weighted by atomic mass is 16.4. The maximum Gasteiger partial charge on any atom is 0.336 e. The number of carboxylic acids is 1. The predicted molar refractivity (Wildman–Crippen MR) is 69.4 cm³/mol. The van der Waals surface area contributed by atoms with Gasteiger partial charge in [-0.25, -0.2) is 9.59 Å². The Morgan fingerprint density at radius 2 is 2.16 bits per heavy atom. The Morgan fingerprint density at radius 1 is 1.42 bits per heavy atom. The van der Waals surface area contributed by atoms with Gasteiger partial charge >= 0.3 is 12.0 Å². The van der Waals surface area contributed by atoms with Gasteiger partial charge in [0.25, 0.3) is 0 Å². The predicted octanol–water partition coefficient (Wildman–Crippen LogP) is 1.29. The zero-order valence-electron chi connectivity index (χ0n) is 10.6. The van der Waals surface area contributed by atoms with Gasteiger partial charge in [-0.15, -0.1) is 0 Å². The van der Waals surface area contributed by atoms with Crippen LogP contribution in [0.3, 0.4) is 0 Å². The second kappa shape index (κ2) is 5.27. The third-order valence-corrected chi connectivity index (χ3v) is 3.26. The summed E-state index contributed by atoms with van der Waals surface area (Å²) in [6.07, 6.45) is 0.0962. The molecule has 6 nitrogen and oxygen atoms in total. The van der Waals surface area contributed by atoms with Crippen molar-refractivity contribution in [1.29, 1.82) is 0 Å². The molecule has 0 bridgehead atoms. The molecule has 1 unspecified atom stereocenters. The molecule has 2 rings (SSSR count). The molecule has 0 aliphatic carbocycles. The summed E-state index contributed by atoms with van der Waals surface area (Å²) < 4.78 is 0. The molecular formula is C13H16N2O4. The molecule has 1 heterocycles. The van der Waals surface area contributed by atoms with Gasteiger partial charge in [-0.1, -0.05) is 6.07 Å². The summed E-state index contributed by atoms with van der Waals surface area (Å²) >= 11 is 0. The third-order valence-electron chi connectivity index (χ3n) is 3.26. The molecule has 0 radical (unpaired) electrons. The van der Waals surface area contributed by atoms with Crippen molar-refractivity contribution in [1.82, 2.24) is 4.90 Å². The molecule has 0 saturated carbocycles. The largest absolute Gasteiger partial charge is 0.478 e. The van der Waals surface area contributed by atoms with Gasteiger partial charge in [-0.05, 0) is 31.0 Å². The van der Waals surface area contributed by atoms with Crippen molar-refractivity contribution in [3.63, 3.8) is 0 Å². The lowest BCUT2D eigenvalue weighted by Crippen LogP contribution is -2.33. The number of rotatable bonds is 2. The highest BCUT2D eigenvalue weighted by molar-refractivity contribution is 5.95. The molecular weight excluding hydrogens is 248 g/mol. The lowest BCUT2D eigenvalue weighted by atomic mass is 10.1. The first-order valence-electron chi connectivity index (χ1n) is 6.06. The van der Waals surface area contributed by atoms with Crippen LogP contribution in [0, 0.1) is 6.92 Å². The number of carbonyl (C=O) groups is 2. The van der Waals surface area contributed by atoms with Crippen molar-refractivity contribution >= 4 is 17.7 Å². The number of carbonyl (C=O) groups excluding carboxylic acids is 1. The molecule has 1 aliphatic heterocycles. The number of likely N-dealkylation sites (tertiary alicyclic amines) is 1. The molecule has 0 spiro atoms. The van der Waals surface area contributed by atoms with Crippen molar-refractivity contribution in [2.75, 3.05) is 18.4 Å². The summed E-state index contributed by atoms with van der Waals surface area (Å²) in [5.41, 5.74) is 1.16. The highest BCUT2D eigenvalue weighted by Gasteiger charge is 2.25. The first-order chi connectivity index (χ1) is 8.99. The fourth-order valence-corrected chi connectivity index (χ4v) is 2.12. The van der Waals surface area contributed by atoms with E-state index in [0.717, 1.165) is 0 Å². The van der Waals surface area contributed by atoms with E-state index in [2.05, 4.69) is 5.32 Å². The minimum atomic E-state index is -1.02. The SMILES string of the molecule is Cc1c(NC(=O)N2CCC(O)C2)cccc1C(=O)O. The van der Waals surface area contributed by atoms with Crippen molar-refractivity contribution < 1.29 is 19.8 Å². The molecule has 2 amide bonds. The molecule has 3 N–H and O–H groups in total. The van der Waals surface area contributed by atoms with Crippen LogP contribution in [-0.4, -0.2) is 46.3 Å². The van der Waals surface area contributed by atoms with E-state index < -0.39 is 12.1 Å². The van der Waals surface area contributed by atoms with Crippen LogP contribution in [0.2, 0.25) is 0 Å². The average molecular weight is 264 g/mol. The Bertz CT molecular complexity index is 515. The summed E-state index contributed by atoms with van der Waals surface area (Å²) in [4.78, 5) is 24.5. The number of carboxylic acid groups (broad SMARTS) is 1. The molecule has 6 heteroatoms. The van der Waals surface area contributed by atoms with Gasteiger partial charge < -0.3 is 20.4 Å². The fraction of sp³-hybridized carbons (Fsp3) is 0.385. The van der Waals surface area contributed by atoms with Gasteiger partial charge in [-0.3, -0.25) is 0 Å². The van der Waals surface area contributed by atoms with Crippen LogP contribution in [0.4, 0.5) is 10.5 Å². The molecule has 1 aromatic carbocycles. The molecule has 1 saturated heterocycles. The maximum atomic E-state index is 11.9. The molecule has 1 aromatic rings. The van der Waals surface area contributed by atoms with Crippen molar-refractivity contribution in [2.24, 2.45) is 0 Å². The number of nitrogens with zero attached hydrogens (tertiary/aromatic N) is 1. The number of urea groups is 1. The number of aliphatic hydroxyl groups excluding tert-OH is 1. The lowest BCUT2D eigenvalue weighted by Gasteiger charge is -2.18. The van der Waals surface area contributed by atoms with Crippen molar-refractivity contribution in [3.8, 4) is 0 Å². The first-order valence-corrected chi connectivity index (χ1v) is 6.06. The number of amides is 2. The summed E-state index contributed by atoms with van der Waals surface area (Å²) in [5.74, 6) is -1.02. The number of hydrogen-bond acceptors (Lipinski definition) is 3. The topological polar surface area (TPSA) is 89.9 Å². The van der Waals surface area contributed by atoms with Gasteiger partial charge in [0.15, 0.2) is 0 Å². The Kier molecular flexibility index (Phi) is 3.71. The quantitative estimate of drug-likeness (QED) is 0.750. The van der Waals surface area contributed by atoms with Crippen LogP contribution in [0.15, 0.2) is 18.2 Å². The van der Waals surface area contributed by atoms with Crippen LogP contribution in [0.5, 0.6) is 0 Å². The van der Waals surface area contributed by atoms with Crippen LogP contribution >= 0.6 is 0 Å². The van der Waals surface area contributed by atoms with Crippen molar-refractivity contribution in [3.05, 3.63) is 29.3 Å². The van der Waals surface area contributed by atoms with Crippen molar-refractivity contribution in [2.45, 2.75) is 19.4 Å². The van der Waals surface area contributed by atoms with E-state index in [9.17, 15) is 14.7 Å². The monoisotopic (exact) mass is 264 g/mol. The Labute approximate surface area is 110 Å². The summed E-state index contributed by atoms with van der Waals surface area (Å²) in [5, 5.41) is 21.1. The van der Waals surface area contributed by atoms with Gasteiger partial charge in [0, 0.05) is 18.8 Å². The fourth-order valence-electron chi connectivity index (χ4n) is 2.12. The molecule has 1 aliphatic rings. The second-order valence-electron chi connectivity index (χ2n) is 4.60. The van der Waals surface area contributed by atoms with Crippen LogP contribution < -0.4 is 5.32 Å². The molecule has 19 heavy (non-hydrogen) atoms. The number of hydrogen-bond donors (Lipinski definition) is 3. The van der Waals surface area contributed by atoms with Crippen LogP contribution in [-0.2, 0) is 0 Å². The molecule has 102 valence electrons. The van der Waals surface area contributed by atoms with E-state index in [-0.39, 0.29) is 11.6 Å². The smallest absolute Gasteiger partial charge is 0.336 e. The summed E-state index contributed by atoms with van der Waals surface area (Å²) in [6, 6.07) is 4.42. The van der Waals surface area contributed by atoms with E-state index in [0.29, 0.717) is 30.8 Å². The lowest BCUT2D eigenvalue weighted by molar-refractivity contribution is 0.0696. The molecule has 0 aromatic heterocycles. The number of β-amino-alcohol motifs (C(OH)–C–C–N with tert-alkyl or cyclic N) is 1. The number of benzene rings is 1. The highest BCUT2D eigenvalue weighted by Crippen LogP contribution is 2.20. The van der Waals surface area contributed by atoms with Gasteiger partial charge in [0.1, 0.15) is 0 Å². The number of nitrogens with one attached hydrogen (secondary N) is 1. The second-order valence-corrected chi connectivity index (χ2v) is 4.60. The Morgan fingerprint density at radius 3 is 2.74 bits per heavy atom. The average Bonchev–Trinajstić information content (AvgIpc) is 2.78. The maximum absolute atomic E-state index is 11.9. The number of aliphatic hydroxyl groups is 1. The van der Waals surface area contributed by atoms with E-state index in [1.807, 2.05) is 0 Å². The standard InChI is InChI=1S/C13H16N2O4/c1-8-10(12(17)18)3-2-4-11(8)14-13(19)15-6-5-9(16)7-15/h2-4,9,16H,5-7H2,1H3,(H,14,19)(H,17,18). The Balaban J connectivity index is 2.13. The van der Waals surface area contributed by atoms with E-state index in [4.69, 9.17) is 5.11 Å². The number of aromatic carboxylic acids is 1. The molecule has 1 atom stereocenters. The molecule has 1 fully saturated rings. The van der Waals surface area contributed by atoms with Crippen LogP contribution in [0.1, 0.15) is 22.3 Å². The van der Waals surface area contributed by atoms with E-state index in [1.165, 1.54) is 11.0 Å². The summed E-state index contributed by atoms with van der Waals surface area (Å²) in [7, 11) is 0. The van der Waals surface area contributed by atoms with Gasteiger partial charge in [0.2, 0.25) is 0 Å². The van der Waals surface area contributed by atoms with Crippen LogP contribution in [0.25, 0.3) is 0 Å². The normalized spacial score (nSPS) is 18.4.